The van der Waals surface area contributed by atoms with Crippen molar-refractivity contribution in [3.8, 4) is 10.6 Å². The Morgan fingerprint density at radius 1 is 1.18 bits per heavy atom. The number of benzene rings is 2. The number of carbonyl (C=O) groups is 1. The number of hydrogen-bond acceptors (Lipinski definition) is 4. The van der Waals surface area contributed by atoms with Crippen molar-refractivity contribution in [3.05, 3.63) is 65.2 Å². The van der Waals surface area contributed by atoms with Crippen LogP contribution in [0.2, 0.25) is 0 Å². The van der Waals surface area contributed by atoms with E-state index in [0.29, 0.717) is 0 Å². The van der Waals surface area contributed by atoms with Gasteiger partial charge in [-0.3, -0.25) is 4.79 Å². The standard InChI is InChI=1S/C23H25N3OS/c1-16-3-5-18(6-4-16)23-25-20(15-28-23)13-22(27)24-19-7-9-21(10-8-19)26-12-11-17(2)14-26/h3-10,15,17H,11-14H2,1-2H3,(H,24,27). The Labute approximate surface area is 170 Å². The van der Waals surface area contributed by atoms with Crippen LogP contribution in [0.25, 0.3) is 10.6 Å². The van der Waals surface area contributed by atoms with Crippen LogP contribution in [0.1, 0.15) is 24.6 Å². The van der Waals surface area contributed by atoms with Gasteiger partial charge in [0.1, 0.15) is 5.01 Å². The van der Waals surface area contributed by atoms with Crippen LogP contribution in [0.15, 0.2) is 53.9 Å². The van der Waals surface area contributed by atoms with Crippen LogP contribution in [0.3, 0.4) is 0 Å². The minimum absolute atomic E-state index is 0.0386. The highest BCUT2D eigenvalue weighted by atomic mass is 32.1. The van der Waals surface area contributed by atoms with Crippen LogP contribution in [0, 0.1) is 12.8 Å². The number of amides is 1. The number of aromatic nitrogens is 1. The van der Waals surface area contributed by atoms with E-state index in [4.69, 9.17) is 0 Å². The Balaban J connectivity index is 1.35. The van der Waals surface area contributed by atoms with E-state index < -0.39 is 0 Å². The van der Waals surface area contributed by atoms with Crippen LogP contribution < -0.4 is 10.2 Å². The van der Waals surface area contributed by atoms with Crippen LogP contribution in [-0.4, -0.2) is 24.0 Å². The van der Waals surface area contributed by atoms with E-state index in [2.05, 4.69) is 65.4 Å². The third-order valence-electron chi connectivity index (χ3n) is 5.13. The minimum Gasteiger partial charge on any atom is -0.371 e. The molecule has 1 amide bonds. The lowest BCUT2D eigenvalue weighted by Gasteiger charge is -2.18. The summed E-state index contributed by atoms with van der Waals surface area (Å²) in [7, 11) is 0. The fourth-order valence-electron chi connectivity index (χ4n) is 3.51. The third-order valence-corrected chi connectivity index (χ3v) is 6.07. The van der Waals surface area contributed by atoms with Crippen molar-refractivity contribution >= 4 is 28.6 Å². The maximum absolute atomic E-state index is 12.4. The van der Waals surface area contributed by atoms with Crippen molar-refractivity contribution in [1.82, 2.24) is 4.98 Å². The second-order valence-electron chi connectivity index (χ2n) is 7.62. The summed E-state index contributed by atoms with van der Waals surface area (Å²) in [6.45, 7) is 6.58. The van der Waals surface area contributed by atoms with E-state index in [1.807, 2.05) is 17.5 Å². The Kier molecular flexibility index (Phi) is 5.44. The highest BCUT2D eigenvalue weighted by Crippen LogP contribution is 2.26. The summed E-state index contributed by atoms with van der Waals surface area (Å²) in [4.78, 5) is 19.4. The normalized spacial score (nSPS) is 16.4. The van der Waals surface area contributed by atoms with Crippen LogP contribution in [0.4, 0.5) is 11.4 Å². The van der Waals surface area contributed by atoms with Crippen molar-refractivity contribution in [2.24, 2.45) is 5.92 Å². The monoisotopic (exact) mass is 391 g/mol. The van der Waals surface area contributed by atoms with Gasteiger partial charge in [-0.2, -0.15) is 0 Å². The molecule has 1 aliphatic heterocycles. The fourth-order valence-corrected chi connectivity index (χ4v) is 4.34. The van der Waals surface area contributed by atoms with Gasteiger partial charge < -0.3 is 10.2 Å². The summed E-state index contributed by atoms with van der Waals surface area (Å²) in [6.07, 6.45) is 1.53. The van der Waals surface area contributed by atoms with E-state index in [1.165, 1.54) is 17.7 Å². The Hall–Kier alpha value is -2.66. The van der Waals surface area contributed by atoms with Crippen molar-refractivity contribution < 1.29 is 4.79 Å². The second-order valence-corrected chi connectivity index (χ2v) is 8.48. The molecule has 2 aromatic carbocycles. The molecule has 1 unspecified atom stereocenters. The molecular formula is C23H25N3OS. The summed E-state index contributed by atoms with van der Waals surface area (Å²) in [6, 6.07) is 16.4. The predicted octanol–water partition coefficient (Wildman–Crippen LogP) is 5.15. The van der Waals surface area contributed by atoms with Gasteiger partial charge in [-0.05, 0) is 43.5 Å². The Morgan fingerprint density at radius 3 is 2.61 bits per heavy atom. The first kappa shape index (κ1) is 18.7. The first-order valence-electron chi connectivity index (χ1n) is 9.73. The lowest BCUT2D eigenvalue weighted by Crippen LogP contribution is -2.19. The molecule has 0 bridgehead atoms. The number of anilines is 2. The molecule has 1 N–H and O–H groups in total. The molecule has 4 nitrogen and oxygen atoms in total. The molecule has 28 heavy (non-hydrogen) atoms. The second kappa shape index (κ2) is 8.15. The Bertz CT molecular complexity index is 947. The van der Waals surface area contributed by atoms with Gasteiger partial charge in [0.2, 0.25) is 5.91 Å². The summed E-state index contributed by atoms with van der Waals surface area (Å²) >= 11 is 1.58. The quantitative estimate of drug-likeness (QED) is 0.654. The molecule has 1 atom stereocenters. The molecule has 1 fully saturated rings. The minimum atomic E-state index is -0.0386. The van der Waals surface area contributed by atoms with Gasteiger partial charge >= 0.3 is 0 Å². The SMILES string of the molecule is Cc1ccc(-c2nc(CC(=O)Nc3ccc(N4CCC(C)C4)cc3)cs2)cc1. The van der Waals surface area contributed by atoms with Crippen LogP contribution in [-0.2, 0) is 11.2 Å². The Morgan fingerprint density at radius 2 is 1.93 bits per heavy atom. The summed E-state index contributed by atoms with van der Waals surface area (Å²) < 4.78 is 0. The molecule has 0 aliphatic carbocycles. The van der Waals surface area contributed by atoms with Gasteiger partial charge in [0, 0.05) is 35.4 Å². The number of aryl methyl sites for hydroxylation is 1. The molecule has 0 spiro atoms. The van der Waals surface area contributed by atoms with Crippen molar-refractivity contribution in [2.45, 2.75) is 26.7 Å². The number of nitrogens with one attached hydrogen (secondary N) is 1. The molecule has 1 saturated heterocycles. The van der Waals surface area contributed by atoms with Gasteiger partial charge in [0.15, 0.2) is 0 Å². The predicted molar refractivity (Wildman–Crippen MR) is 117 cm³/mol. The maximum Gasteiger partial charge on any atom is 0.230 e. The zero-order chi connectivity index (χ0) is 19.5. The number of rotatable bonds is 5. The van der Waals surface area contributed by atoms with E-state index >= 15 is 0 Å². The number of thiazole rings is 1. The summed E-state index contributed by atoms with van der Waals surface area (Å²) in [5.41, 5.74) is 5.18. The highest BCUT2D eigenvalue weighted by Gasteiger charge is 2.18. The van der Waals surface area contributed by atoms with Crippen LogP contribution >= 0.6 is 11.3 Å². The average molecular weight is 392 g/mol. The number of hydrogen-bond donors (Lipinski definition) is 1. The molecular weight excluding hydrogens is 366 g/mol. The molecule has 1 aliphatic rings. The smallest absolute Gasteiger partial charge is 0.230 e. The van der Waals surface area contributed by atoms with Crippen molar-refractivity contribution in [3.63, 3.8) is 0 Å². The van der Waals surface area contributed by atoms with Gasteiger partial charge in [-0.1, -0.05) is 36.8 Å². The van der Waals surface area contributed by atoms with E-state index in [1.54, 1.807) is 11.3 Å². The highest BCUT2D eigenvalue weighted by molar-refractivity contribution is 7.13. The maximum atomic E-state index is 12.4. The molecule has 0 saturated carbocycles. The van der Waals surface area contributed by atoms with Gasteiger partial charge in [0.25, 0.3) is 0 Å². The first-order chi connectivity index (χ1) is 13.6. The van der Waals surface area contributed by atoms with Crippen molar-refractivity contribution in [2.75, 3.05) is 23.3 Å². The van der Waals surface area contributed by atoms with Crippen molar-refractivity contribution in [1.29, 1.82) is 0 Å². The first-order valence-corrected chi connectivity index (χ1v) is 10.6. The number of carbonyl (C=O) groups excluding carboxylic acids is 1. The molecule has 1 aromatic heterocycles. The van der Waals surface area contributed by atoms with E-state index in [-0.39, 0.29) is 12.3 Å². The molecule has 144 valence electrons. The van der Waals surface area contributed by atoms with Gasteiger partial charge in [-0.25, -0.2) is 4.98 Å². The summed E-state index contributed by atoms with van der Waals surface area (Å²) in [5, 5.41) is 5.90. The largest absolute Gasteiger partial charge is 0.371 e. The fraction of sp³-hybridized carbons (Fsp3) is 0.304. The zero-order valence-corrected chi connectivity index (χ0v) is 17.1. The zero-order valence-electron chi connectivity index (χ0n) is 16.3. The summed E-state index contributed by atoms with van der Waals surface area (Å²) in [5.74, 6) is 0.714. The number of nitrogens with zero attached hydrogens (tertiary/aromatic N) is 2. The van der Waals surface area contributed by atoms with E-state index in [9.17, 15) is 4.79 Å². The lowest BCUT2D eigenvalue weighted by molar-refractivity contribution is -0.115. The lowest BCUT2D eigenvalue weighted by atomic mass is 10.2. The third kappa shape index (κ3) is 4.42. The average Bonchev–Trinajstić information content (AvgIpc) is 3.32. The van der Waals surface area contributed by atoms with E-state index in [0.717, 1.165) is 41.0 Å². The van der Waals surface area contributed by atoms with Gasteiger partial charge in [0.05, 0.1) is 12.1 Å². The molecule has 3 aromatic rings. The molecule has 2 heterocycles. The van der Waals surface area contributed by atoms with Gasteiger partial charge in [-0.15, -0.1) is 11.3 Å². The topological polar surface area (TPSA) is 45.2 Å². The van der Waals surface area contributed by atoms with Crippen LogP contribution in [0.5, 0.6) is 0 Å². The molecule has 4 rings (SSSR count). The molecule has 5 heteroatoms. The molecule has 0 radical (unpaired) electrons.